The van der Waals surface area contributed by atoms with Crippen molar-refractivity contribution in [3.63, 3.8) is 0 Å². The maximum absolute atomic E-state index is 13.5. The molecule has 0 aliphatic carbocycles. The van der Waals surface area contributed by atoms with E-state index in [0.29, 0.717) is 12.2 Å². The number of fused-ring (bicyclic) bond motifs is 1. The van der Waals surface area contributed by atoms with Gasteiger partial charge in [-0.15, -0.1) is 11.3 Å². The van der Waals surface area contributed by atoms with Crippen LogP contribution >= 0.6 is 11.3 Å². The molecule has 2 aromatic rings. The molecule has 0 saturated carbocycles. The number of aryl methyl sites for hydroxylation is 1. The van der Waals surface area contributed by atoms with Gasteiger partial charge in [-0.1, -0.05) is 13.0 Å². The molecule has 3 rings (SSSR count). The normalized spacial score (nSPS) is 17.4. The average molecular weight is 318 g/mol. The zero-order valence-corrected chi connectivity index (χ0v) is 13.6. The molecule has 0 spiro atoms. The zero-order valence-electron chi connectivity index (χ0n) is 12.8. The Kier molecular flexibility index (Phi) is 4.25. The summed E-state index contributed by atoms with van der Waals surface area (Å²) in [5.41, 5.74) is 2.55. The fourth-order valence-electron chi connectivity index (χ4n) is 2.95. The predicted octanol–water partition coefficient (Wildman–Crippen LogP) is 3.99. The van der Waals surface area contributed by atoms with Gasteiger partial charge >= 0.3 is 0 Å². The van der Waals surface area contributed by atoms with Crippen LogP contribution in [0.5, 0.6) is 0 Å². The van der Waals surface area contributed by atoms with Crippen LogP contribution in [0.4, 0.5) is 4.39 Å². The summed E-state index contributed by atoms with van der Waals surface area (Å²) in [6, 6.07) is 4.73. The number of aromatic nitrogens is 1. The summed E-state index contributed by atoms with van der Waals surface area (Å²) >= 11 is 1.54. The van der Waals surface area contributed by atoms with Crippen LogP contribution in [0.15, 0.2) is 23.6 Å². The Bertz CT molecular complexity index is 698. The minimum Gasteiger partial charge on any atom is -0.330 e. The van der Waals surface area contributed by atoms with Gasteiger partial charge in [0, 0.05) is 11.9 Å². The third kappa shape index (κ3) is 2.77. The quantitative estimate of drug-likeness (QED) is 0.857. The first kappa shape index (κ1) is 15.2. The summed E-state index contributed by atoms with van der Waals surface area (Å²) in [5.74, 6) is -0.306. The molecule has 3 nitrogen and oxygen atoms in total. The van der Waals surface area contributed by atoms with Crippen molar-refractivity contribution in [3.8, 4) is 0 Å². The van der Waals surface area contributed by atoms with Crippen molar-refractivity contribution in [2.24, 2.45) is 0 Å². The number of nitrogens with zero attached hydrogens (tertiary/aromatic N) is 2. The van der Waals surface area contributed by atoms with E-state index < -0.39 is 0 Å². The number of carbonyl (C=O) groups excluding carboxylic acids is 1. The van der Waals surface area contributed by atoms with Crippen LogP contribution in [-0.4, -0.2) is 22.3 Å². The predicted molar refractivity (Wildman–Crippen MR) is 85.7 cm³/mol. The Labute approximate surface area is 133 Å². The zero-order chi connectivity index (χ0) is 15.7. The lowest BCUT2D eigenvalue weighted by atomic mass is 9.93. The van der Waals surface area contributed by atoms with Gasteiger partial charge in [-0.2, -0.15) is 0 Å². The Balaban J connectivity index is 1.84. The Hall–Kier alpha value is -1.75. The lowest BCUT2D eigenvalue weighted by Gasteiger charge is -2.34. The average Bonchev–Trinajstić information content (AvgIpc) is 2.97. The molecule has 22 heavy (non-hydrogen) atoms. The first-order chi connectivity index (χ1) is 10.6. The van der Waals surface area contributed by atoms with E-state index in [4.69, 9.17) is 0 Å². The van der Waals surface area contributed by atoms with Crippen LogP contribution in [-0.2, 0) is 12.8 Å². The number of amides is 1. The van der Waals surface area contributed by atoms with E-state index in [9.17, 15) is 9.18 Å². The van der Waals surface area contributed by atoms with E-state index in [1.165, 1.54) is 17.4 Å². The van der Waals surface area contributed by atoms with E-state index in [0.717, 1.165) is 35.4 Å². The number of rotatable bonds is 3. The number of hydrogen-bond acceptors (Lipinski definition) is 3. The highest BCUT2D eigenvalue weighted by molar-refractivity contribution is 7.09. The molecule has 0 N–H and O–H groups in total. The van der Waals surface area contributed by atoms with Gasteiger partial charge in [0.25, 0.3) is 5.91 Å². The first-order valence-electron chi connectivity index (χ1n) is 7.64. The molecule has 5 heteroatoms. The molecular weight excluding hydrogens is 299 g/mol. The van der Waals surface area contributed by atoms with Crippen LogP contribution in [0.25, 0.3) is 0 Å². The Morgan fingerprint density at radius 2 is 2.32 bits per heavy atom. The number of hydrogen-bond donors (Lipinski definition) is 0. The second-order valence-electron chi connectivity index (χ2n) is 5.64. The first-order valence-corrected chi connectivity index (χ1v) is 8.51. The minimum atomic E-state index is -0.251. The van der Waals surface area contributed by atoms with E-state index in [1.807, 2.05) is 18.4 Å². The van der Waals surface area contributed by atoms with Crippen molar-refractivity contribution in [1.29, 1.82) is 0 Å². The van der Waals surface area contributed by atoms with Crippen molar-refractivity contribution in [2.45, 2.75) is 39.2 Å². The monoisotopic (exact) mass is 318 g/mol. The summed E-state index contributed by atoms with van der Waals surface area (Å²) in [6.45, 7) is 4.70. The maximum atomic E-state index is 13.5. The summed E-state index contributed by atoms with van der Waals surface area (Å²) in [6.07, 6.45) is 2.69. The van der Waals surface area contributed by atoms with E-state index in [2.05, 4.69) is 11.9 Å². The minimum absolute atomic E-state index is 0.0546. The third-order valence-electron chi connectivity index (χ3n) is 4.14. The molecule has 2 heterocycles. The van der Waals surface area contributed by atoms with Gasteiger partial charge in [0.05, 0.1) is 11.0 Å². The molecule has 116 valence electrons. The number of carbonyl (C=O) groups is 1. The highest BCUT2D eigenvalue weighted by Gasteiger charge is 2.29. The molecular formula is C17H19FN2OS. The molecule has 0 saturated heterocycles. The van der Waals surface area contributed by atoms with Gasteiger partial charge in [-0.05, 0) is 49.4 Å². The van der Waals surface area contributed by atoms with E-state index in [1.54, 1.807) is 11.0 Å². The third-order valence-corrected chi connectivity index (χ3v) is 5.05. The molecule has 1 unspecified atom stereocenters. The topological polar surface area (TPSA) is 33.2 Å². The smallest absolute Gasteiger partial charge is 0.273 e. The Morgan fingerprint density at radius 3 is 3.09 bits per heavy atom. The van der Waals surface area contributed by atoms with Gasteiger partial charge in [0.2, 0.25) is 0 Å². The molecule has 0 radical (unpaired) electrons. The molecule has 1 aliphatic rings. The van der Waals surface area contributed by atoms with Crippen molar-refractivity contribution in [3.05, 3.63) is 51.2 Å². The van der Waals surface area contributed by atoms with Crippen molar-refractivity contribution >= 4 is 17.2 Å². The molecule has 0 bridgehead atoms. The van der Waals surface area contributed by atoms with Crippen LogP contribution in [0.3, 0.4) is 0 Å². The molecule has 1 atom stereocenters. The van der Waals surface area contributed by atoms with Gasteiger partial charge in [-0.25, -0.2) is 9.37 Å². The molecule has 1 aromatic heterocycles. The number of halogens is 1. The van der Waals surface area contributed by atoms with Crippen LogP contribution in [0.2, 0.25) is 0 Å². The van der Waals surface area contributed by atoms with Gasteiger partial charge < -0.3 is 4.90 Å². The highest BCUT2D eigenvalue weighted by atomic mass is 32.1. The lowest BCUT2D eigenvalue weighted by molar-refractivity contribution is 0.0672. The van der Waals surface area contributed by atoms with Crippen LogP contribution in [0, 0.1) is 5.82 Å². The summed E-state index contributed by atoms with van der Waals surface area (Å²) in [4.78, 5) is 18.9. The summed E-state index contributed by atoms with van der Waals surface area (Å²) in [7, 11) is 0. The van der Waals surface area contributed by atoms with Gasteiger partial charge in [0.1, 0.15) is 11.5 Å². The summed E-state index contributed by atoms with van der Waals surface area (Å²) in [5, 5.41) is 2.84. The summed E-state index contributed by atoms with van der Waals surface area (Å²) < 4.78 is 13.5. The van der Waals surface area contributed by atoms with Crippen molar-refractivity contribution in [2.75, 3.05) is 6.54 Å². The largest absolute Gasteiger partial charge is 0.330 e. The van der Waals surface area contributed by atoms with Gasteiger partial charge in [-0.3, -0.25) is 4.79 Å². The fourth-order valence-corrected chi connectivity index (χ4v) is 3.82. The Morgan fingerprint density at radius 1 is 1.50 bits per heavy atom. The lowest BCUT2D eigenvalue weighted by Crippen LogP contribution is -2.39. The fraction of sp³-hybridized carbons (Fsp3) is 0.412. The maximum Gasteiger partial charge on any atom is 0.273 e. The molecule has 1 aromatic carbocycles. The standard InChI is InChI=1S/C17H19FN2OS/c1-3-4-16-19-15(10-22-16)17(21)20-8-7-12-5-6-13(18)9-14(12)11(20)2/h5-6,9-11H,3-4,7-8H2,1-2H3. The molecule has 1 amide bonds. The molecule has 0 fully saturated rings. The number of thiazole rings is 1. The van der Waals surface area contributed by atoms with Crippen molar-refractivity contribution in [1.82, 2.24) is 9.88 Å². The number of benzene rings is 1. The van der Waals surface area contributed by atoms with Crippen LogP contribution in [0.1, 0.15) is 52.9 Å². The second-order valence-corrected chi connectivity index (χ2v) is 6.59. The van der Waals surface area contributed by atoms with Gasteiger partial charge in [0.15, 0.2) is 0 Å². The second kappa shape index (κ2) is 6.16. The SMILES string of the molecule is CCCc1nc(C(=O)N2CCc3ccc(F)cc3C2C)cs1. The van der Waals surface area contributed by atoms with E-state index in [-0.39, 0.29) is 17.8 Å². The van der Waals surface area contributed by atoms with Crippen molar-refractivity contribution < 1.29 is 9.18 Å². The van der Waals surface area contributed by atoms with E-state index >= 15 is 0 Å². The molecule has 1 aliphatic heterocycles. The van der Waals surface area contributed by atoms with Crippen LogP contribution < -0.4 is 0 Å². The highest BCUT2D eigenvalue weighted by Crippen LogP contribution is 2.31.